The van der Waals surface area contributed by atoms with Crippen LogP contribution in [0.1, 0.15) is 0 Å². The molecule has 0 fully saturated rings. The predicted octanol–water partition coefficient (Wildman–Crippen LogP) is 3.12. The smallest absolute Gasteiger partial charge is 0.127 e. The topological polar surface area (TPSA) is 27.1 Å². The van der Waals surface area contributed by atoms with Crippen LogP contribution in [0, 0.1) is 0 Å². The maximum Gasteiger partial charge on any atom is 0.127 e. The molecule has 0 aliphatic carbocycles. The monoisotopic (exact) mass is 238 g/mol. The number of aromatic nitrogens is 2. The molecule has 90 valence electrons. The van der Waals surface area contributed by atoms with Crippen LogP contribution >= 0.6 is 0 Å². The molecule has 0 atom stereocenters. The Hall–Kier alpha value is -2.29. The summed E-state index contributed by atoms with van der Waals surface area (Å²) in [6, 6.07) is 16.3. The number of nitrogens with zero attached hydrogens (tertiary/aromatic N) is 2. The summed E-state index contributed by atoms with van der Waals surface area (Å²) in [5.41, 5.74) is 0. The molecule has 3 rings (SSSR count). The van der Waals surface area contributed by atoms with Gasteiger partial charge in [0, 0.05) is 17.8 Å². The third kappa shape index (κ3) is 2.20. The van der Waals surface area contributed by atoms with Gasteiger partial charge in [-0.2, -0.15) is 5.10 Å². The van der Waals surface area contributed by atoms with Crippen molar-refractivity contribution in [3.8, 4) is 5.75 Å². The van der Waals surface area contributed by atoms with Crippen molar-refractivity contribution in [1.29, 1.82) is 0 Å². The molecule has 0 aliphatic heterocycles. The Kier molecular flexibility index (Phi) is 2.96. The van der Waals surface area contributed by atoms with Gasteiger partial charge in [0.1, 0.15) is 12.4 Å². The molecule has 3 heteroatoms. The van der Waals surface area contributed by atoms with E-state index in [2.05, 4.69) is 23.3 Å². The van der Waals surface area contributed by atoms with Crippen molar-refractivity contribution in [2.75, 3.05) is 6.61 Å². The predicted molar refractivity (Wildman–Crippen MR) is 71.7 cm³/mol. The molecule has 1 heterocycles. The third-order valence-electron chi connectivity index (χ3n) is 2.89. The van der Waals surface area contributed by atoms with E-state index in [4.69, 9.17) is 4.74 Å². The summed E-state index contributed by atoms with van der Waals surface area (Å²) in [6.07, 6.45) is 3.71. The highest BCUT2D eigenvalue weighted by molar-refractivity contribution is 5.88. The van der Waals surface area contributed by atoms with Gasteiger partial charge in [-0.1, -0.05) is 36.4 Å². The molecule has 0 bridgehead atoms. The molecule has 0 saturated heterocycles. The van der Waals surface area contributed by atoms with Crippen LogP contribution in [0.25, 0.3) is 10.8 Å². The second kappa shape index (κ2) is 4.92. The standard InChI is InChI=1S/C15H14N2O/c1-2-7-14-13(5-1)6-3-8-15(14)18-12-11-17-10-4-9-16-17/h1-10H,11-12H2. The second-order valence-electron chi connectivity index (χ2n) is 4.09. The lowest BCUT2D eigenvalue weighted by atomic mass is 10.1. The maximum atomic E-state index is 5.83. The van der Waals surface area contributed by atoms with Crippen molar-refractivity contribution in [2.45, 2.75) is 6.54 Å². The van der Waals surface area contributed by atoms with E-state index in [1.165, 1.54) is 5.39 Å². The summed E-state index contributed by atoms with van der Waals surface area (Å²) >= 11 is 0. The Morgan fingerprint density at radius 2 is 1.89 bits per heavy atom. The van der Waals surface area contributed by atoms with Crippen molar-refractivity contribution in [3.63, 3.8) is 0 Å². The number of hydrogen-bond donors (Lipinski definition) is 0. The molecular formula is C15H14N2O. The van der Waals surface area contributed by atoms with E-state index in [-0.39, 0.29) is 0 Å². The Balaban J connectivity index is 1.74. The van der Waals surface area contributed by atoms with E-state index in [1.807, 2.05) is 41.2 Å². The van der Waals surface area contributed by atoms with Crippen molar-refractivity contribution in [1.82, 2.24) is 9.78 Å². The molecule has 1 aromatic heterocycles. The molecule has 3 aromatic rings. The van der Waals surface area contributed by atoms with Crippen LogP contribution in [0.3, 0.4) is 0 Å². The SMILES string of the molecule is c1ccc2c(OCCn3cccn3)cccc2c1. The minimum Gasteiger partial charge on any atom is -0.491 e. The molecule has 0 N–H and O–H groups in total. The van der Waals surface area contributed by atoms with E-state index in [0.29, 0.717) is 6.61 Å². The van der Waals surface area contributed by atoms with Gasteiger partial charge in [-0.15, -0.1) is 0 Å². The van der Waals surface area contributed by atoms with Crippen LogP contribution in [-0.4, -0.2) is 16.4 Å². The highest BCUT2D eigenvalue weighted by Crippen LogP contribution is 2.24. The minimum absolute atomic E-state index is 0.621. The largest absolute Gasteiger partial charge is 0.491 e. The first-order chi connectivity index (χ1) is 8.93. The van der Waals surface area contributed by atoms with Crippen LogP contribution < -0.4 is 4.74 Å². The van der Waals surface area contributed by atoms with Crippen LogP contribution in [0.2, 0.25) is 0 Å². The third-order valence-corrected chi connectivity index (χ3v) is 2.89. The summed E-state index contributed by atoms with van der Waals surface area (Å²) in [6.45, 7) is 1.38. The maximum absolute atomic E-state index is 5.83. The van der Waals surface area contributed by atoms with Gasteiger partial charge >= 0.3 is 0 Å². The van der Waals surface area contributed by atoms with Crippen molar-refractivity contribution < 1.29 is 4.74 Å². The highest BCUT2D eigenvalue weighted by atomic mass is 16.5. The van der Waals surface area contributed by atoms with Crippen LogP contribution in [0.5, 0.6) is 5.75 Å². The highest BCUT2D eigenvalue weighted by Gasteiger charge is 2.00. The van der Waals surface area contributed by atoms with Gasteiger partial charge in [0.05, 0.1) is 6.54 Å². The second-order valence-corrected chi connectivity index (χ2v) is 4.09. The summed E-state index contributed by atoms with van der Waals surface area (Å²) in [7, 11) is 0. The Morgan fingerprint density at radius 3 is 2.78 bits per heavy atom. The normalized spacial score (nSPS) is 10.7. The first kappa shape index (κ1) is 10.8. The fourth-order valence-electron chi connectivity index (χ4n) is 2.00. The molecule has 0 spiro atoms. The number of rotatable bonds is 4. The van der Waals surface area contributed by atoms with E-state index < -0.39 is 0 Å². The van der Waals surface area contributed by atoms with Gasteiger partial charge in [-0.05, 0) is 17.5 Å². The first-order valence-corrected chi connectivity index (χ1v) is 6.01. The van der Waals surface area contributed by atoms with E-state index >= 15 is 0 Å². The lowest BCUT2D eigenvalue weighted by Gasteiger charge is -2.09. The zero-order chi connectivity index (χ0) is 12.2. The first-order valence-electron chi connectivity index (χ1n) is 6.01. The van der Waals surface area contributed by atoms with Crippen LogP contribution in [-0.2, 0) is 6.54 Å². The number of ether oxygens (including phenoxy) is 1. The zero-order valence-corrected chi connectivity index (χ0v) is 9.99. The number of hydrogen-bond acceptors (Lipinski definition) is 2. The zero-order valence-electron chi connectivity index (χ0n) is 9.99. The summed E-state index contributed by atoms with van der Waals surface area (Å²) in [5.74, 6) is 0.931. The van der Waals surface area contributed by atoms with Gasteiger partial charge in [-0.25, -0.2) is 0 Å². The summed E-state index contributed by atoms with van der Waals surface area (Å²) < 4.78 is 7.70. The quantitative estimate of drug-likeness (QED) is 0.698. The molecule has 0 radical (unpaired) electrons. The molecule has 0 saturated carbocycles. The fourth-order valence-corrected chi connectivity index (χ4v) is 2.00. The van der Waals surface area contributed by atoms with Gasteiger partial charge < -0.3 is 4.74 Å². The van der Waals surface area contributed by atoms with E-state index in [9.17, 15) is 0 Å². The Labute approximate surface area is 106 Å². The summed E-state index contributed by atoms with van der Waals surface area (Å²) in [4.78, 5) is 0. The molecule has 0 unspecified atom stereocenters. The van der Waals surface area contributed by atoms with Gasteiger partial charge in [0.25, 0.3) is 0 Å². The minimum atomic E-state index is 0.621. The Morgan fingerprint density at radius 1 is 1.00 bits per heavy atom. The van der Waals surface area contributed by atoms with Gasteiger partial charge in [0.15, 0.2) is 0 Å². The molecule has 2 aromatic carbocycles. The van der Waals surface area contributed by atoms with E-state index in [1.54, 1.807) is 6.20 Å². The summed E-state index contributed by atoms with van der Waals surface area (Å²) in [5, 5.41) is 6.50. The van der Waals surface area contributed by atoms with Gasteiger partial charge in [0.2, 0.25) is 0 Å². The van der Waals surface area contributed by atoms with Crippen LogP contribution in [0.15, 0.2) is 60.9 Å². The molecular weight excluding hydrogens is 224 g/mol. The lowest BCUT2D eigenvalue weighted by Crippen LogP contribution is -2.08. The molecule has 0 aliphatic rings. The van der Waals surface area contributed by atoms with Crippen LogP contribution in [0.4, 0.5) is 0 Å². The average Bonchev–Trinajstić information content (AvgIpc) is 2.92. The lowest BCUT2D eigenvalue weighted by molar-refractivity contribution is 0.294. The van der Waals surface area contributed by atoms with Crippen molar-refractivity contribution in [3.05, 3.63) is 60.9 Å². The average molecular weight is 238 g/mol. The molecule has 18 heavy (non-hydrogen) atoms. The number of fused-ring (bicyclic) bond motifs is 1. The van der Waals surface area contributed by atoms with Crippen molar-refractivity contribution in [2.24, 2.45) is 0 Å². The number of benzene rings is 2. The molecule has 3 nitrogen and oxygen atoms in total. The van der Waals surface area contributed by atoms with Gasteiger partial charge in [-0.3, -0.25) is 4.68 Å². The Bertz CT molecular complexity index is 627. The van der Waals surface area contributed by atoms with E-state index in [0.717, 1.165) is 17.7 Å². The van der Waals surface area contributed by atoms with Crippen molar-refractivity contribution >= 4 is 10.8 Å². The molecule has 0 amide bonds. The fraction of sp³-hybridized carbons (Fsp3) is 0.133.